The highest BCUT2D eigenvalue weighted by molar-refractivity contribution is 5.78. The lowest BCUT2D eigenvalue weighted by Gasteiger charge is -1.97. The Balaban J connectivity index is 3.24. The third-order valence-electron chi connectivity index (χ3n) is 1.93. The van der Waals surface area contributed by atoms with Gasteiger partial charge in [-0.1, -0.05) is 18.2 Å². The van der Waals surface area contributed by atoms with Gasteiger partial charge in [0.25, 0.3) is 0 Å². The van der Waals surface area contributed by atoms with E-state index in [1.165, 1.54) is 0 Å². The lowest BCUT2D eigenvalue weighted by Crippen LogP contribution is -1.96. The molecular formula is C12H20O. The molecule has 0 aromatic carbocycles. The van der Waals surface area contributed by atoms with Gasteiger partial charge in [-0.25, -0.2) is 0 Å². The third kappa shape index (κ3) is 9.06. The predicted octanol–water partition coefficient (Wildman–Crippen LogP) is 3.66. The number of carbonyl (C=O) groups excluding carboxylic acids is 1. The van der Waals surface area contributed by atoms with E-state index in [1.807, 2.05) is 19.1 Å². The largest absolute Gasteiger partial charge is 0.300 e. The van der Waals surface area contributed by atoms with Gasteiger partial charge in [-0.3, -0.25) is 4.79 Å². The zero-order chi connectivity index (χ0) is 9.94. The van der Waals surface area contributed by atoms with Crippen molar-refractivity contribution in [2.45, 2.75) is 45.4 Å². The van der Waals surface area contributed by atoms with Crippen LogP contribution in [0, 0.1) is 0 Å². The number of ketones is 1. The van der Waals surface area contributed by atoms with E-state index in [0.717, 1.165) is 38.5 Å². The van der Waals surface area contributed by atoms with Crippen molar-refractivity contribution in [1.29, 1.82) is 0 Å². The lowest BCUT2D eigenvalue weighted by molar-refractivity contribution is -0.119. The van der Waals surface area contributed by atoms with Crippen molar-refractivity contribution in [3.05, 3.63) is 24.8 Å². The molecule has 0 radical (unpaired) electrons. The van der Waals surface area contributed by atoms with Gasteiger partial charge in [0.1, 0.15) is 5.78 Å². The van der Waals surface area contributed by atoms with Crippen LogP contribution in [0.25, 0.3) is 0 Å². The quantitative estimate of drug-likeness (QED) is 0.411. The number of hydrogen-bond donors (Lipinski definition) is 0. The van der Waals surface area contributed by atoms with Crippen LogP contribution in [0.15, 0.2) is 24.8 Å². The van der Waals surface area contributed by atoms with Crippen LogP contribution in [0.3, 0.4) is 0 Å². The summed E-state index contributed by atoms with van der Waals surface area (Å²) >= 11 is 0. The molecule has 0 bridgehead atoms. The Bertz CT molecular complexity index is 168. The minimum Gasteiger partial charge on any atom is -0.300 e. The maximum absolute atomic E-state index is 11.2. The Morgan fingerprint density at radius 3 is 2.38 bits per heavy atom. The van der Waals surface area contributed by atoms with E-state index in [9.17, 15) is 4.79 Å². The molecular weight excluding hydrogens is 160 g/mol. The van der Waals surface area contributed by atoms with E-state index in [4.69, 9.17) is 0 Å². The Hall–Kier alpha value is -0.850. The van der Waals surface area contributed by atoms with Gasteiger partial charge < -0.3 is 0 Å². The molecule has 0 atom stereocenters. The van der Waals surface area contributed by atoms with Crippen LogP contribution in [-0.2, 0) is 4.79 Å². The highest BCUT2D eigenvalue weighted by Crippen LogP contribution is 2.04. The number of carbonyl (C=O) groups is 1. The van der Waals surface area contributed by atoms with Crippen molar-refractivity contribution in [3.63, 3.8) is 0 Å². The van der Waals surface area contributed by atoms with Crippen LogP contribution in [0.1, 0.15) is 45.4 Å². The summed E-state index contributed by atoms with van der Waals surface area (Å²) in [4.78, 5) is 11.2. The summed E-state index contributed by atoms with van der Waals surface area (Å²) in [6.07, 6.45) is 11.4. The van der Waals surface area contributed by atoms with Gasteiger partial charge in [-0.15, -0.1) is 6.58 Å². The van der Waals surface area contributed by atoms with E-state index in [0.29, 0.717) is 5.78 Å². The first-order valence-electron chi connectivity index (χ1n) is 5.05. The summed E-state index contributed by atoms with van der Waals surface area (Å²) in [7, 11) is 0. The molecule has 0 rings (SSSR count). The molecule has 0 aromatic heterocycles. The van der Waals surface area contributed by atoms with E-state index < -0.39 is 0 Å². The molecule has 0 aliphatic carbocycles. The average Bonchev–Trinajstić information content (AvgIpc) is 2.13. The molecule has 1 nitrogen and oxygen atoms in total. The number of hydrogen-bond acceptors (Lipinski definition) is 1. The van der Waals surface area contributed by atoms with Gasteiger partial charge in [0, 0.05) is 12.8 Å². The molecule has 0 amide bonds. The normalized spacial score (nSPS) is 10.5. The molecule has 74 valence electrons. The van der Waals surface area contributed by atoms with Crippen LogP contribution >= 0.6 is 0 Å². The van der Waals surface area contributed by atoms with E-state index in [-0.39, 0.29) is 0 Å². The van der Waals surface area contributed by atoms with Crippen LogP contribution in [0.2, 0.25) is 0 Å². The highest BCUT2D eigenvalue weighted by Gasteiger charge is 1.99. The predicted molar refractivity (Wildman–Crippen MR) is 57.7 cm³/mol. The number of rotatable bonds is 8. The molecule has 0 aliphatic rings. The molecule has 0 N–H and O–H groups in total. The second-order valence-corrected chi connectivity index (χ2v) is 3.18. The monoisotopic (exact) mass is 180 g/mol. The maximum atomic E-state index is 11.2. The summed E-state index contributed by atoms with van der Waals surface area (Å²) in [5, 5.41) is 0. The lowest BCUT2D eigenvalue weighted by atomic mass is 10.1. The zero-order valence-electron chi connectivity index (χ0n) is 8.59. The van der Waals surface area contributed by atoms with E-state index in [2.05, 4.69) is 12.7 Å². The first-order valence-corrected chi connectivity index (χ1v) is 5.05. The second-order valence-electron chi connectivity index (χ2n) is 3.18. The molecule has 0 saturated carbocycles. The fraction of sp³-hybridized carbons (Fsp3) is 0.583. The van der Waals surface area contributed by atoms with Crippen molar-refractivity contribution >= 4 is 5.78 Å². The van der Waals surface area contributed by atoms with Crippen LogP contribution in [0.5, 0.6) is 0 Å². The number of Topliss-reactive ketones (excluding diaryl/α,β-unsaturated/α-hetero) is 1. The molecule has 0 spiro atoms. The first-order chi connectivity index (χ1) is 6.31. The Kier molecular flexibility index (Phi) is 8.64. The fourth-order valence-electron chi connectivity index (χ4n) is 1.15. The summed E-state index contributed by atoms with van der Waals surface area (Å²) in [6, 6.07) is 0. The maximum Gasteiger partial charge on any atom is 0.132 e. The molecule has 0 unspecified atom stereocenters. The minimum atomic E-state index is 0.395. The van der Waals surface area contributed by atoms with Crippen molar-refractivity contribution in [1.82, 2.24) is 0 Å². The minimum absolute atomic E-state index is 0.395. The van der Waals surface area contributed by atoms with Gasteiger partial charge in [-0.05, 0) is 32.6 Å². The van der Waals surface area contributed by atoms with Crippen LogP contribution in [-0.4, -0.2) is 5.78 Å². The first kappa shape index (κ1) is 12.2. The summed E-state index contributed by atoms with van der Waals surface area (Å²) in [6.45, 7) is 5.63. The van der Waals surface area contributed by atoms with Crippen molar-refractivity contribution < 1.29 is 4.79 Å². The highest BCUT2D eigenvalue weighted by atomic mass is 16.1. The third-order valence-corrected chi connectivity index (χ3v) is 1.93. The van der Waals surface area contributed by atoms with Gasteiger partial charge in [0.15, 0.2) is 0 Å². The molecule has 1 heteroatoms. The standard InChI is InChI=1S/C12H20O/c1-3-5-7-9-11-12(13)10-8-6-4-2/h3-5H,2,6-11H2,1H3/b5-3+. The molecule has 0 heterocycles. The van der Waals surface area contributed by atoms with Crippen molar-refractivity contribution in [2.75, 3.05) is 0 Å². The Labute approximate surface area is 81.5 Å². The van der Waals surface area contributed by atoms with Gasteiger partial charge in [0.2, 0.25) is 0 Å². The smallest absolute Gasteiger partial charge is 0.132 e. The molecule has 0 fully saturated rings. The average molecular weight is 180 g/mol. The van der Waals surface area contributed by atoms with Gasteiger partial charge >= 0.3 is 0 Å². The van der Waals surface area contributed by atoms with E-state index >= 15 is 0 Å². The second kappa shape index (κ2) is 9.24. The fourth-order valence-corrected chi connectivity index (χ4v) is 1.15. The van der Waals surface area contributed by atoms with Crippen molar-refractivity contribution in [3.8, 4) is 0 Å². The summed E-state index contributed by atoms with van der Waals surface area (Å²) < 4.78 is 0. The van der Waals surface area contributed by atoms with Crippen LogP contribution in [0.4, 0.5) is 0 Å². The zero-order valence-corrected chi connectivity index (χ0v) is 8.59. The molecule has 0 saturated heterocycles. The number of allylic oxidation sites excluding steroid dienone is 3. The topological polar surface area (TPSA) is 17.1 Å². The molecule has 0 aliphatic heterocycles. The Morgan fingerprint density at radius 2 is 1.85 bits per heavy atom. The number of unbranched alkanes of at least 4 members (excludes halogenated alkanes) is 2. The molecule has 0 aromatic rings. The van der Waals surface area contributed by atoms with Gasteiger partial charge in [0.05, 0.1) is 0 Å². The Morgan fingerprint density at radius 1 is 1.23 bits per heavy atom. The summed E-state index contributed by atoms with van der Waals surface area (Å²) in [5.41, 5.74) is 0. The van der Waals surface area contributed by atoms with E-state index in [1.54, 1.807) is 0 Å². The molecule has 13 heavy (non-hydrogen) atoms. The van der Waals surface area contributed by atoms with Crippen molar-refractivity contribution in [2.24, 2.45) is 0 Å². The van der Waals surface area contributed by atoms with Crippen LogP contribution < -0.4 is 0 Å². The van der Waals surface area contributed by atoms with Gasteiger partial charge in [-0.2, -0.15) is 0 Å². The summed E-state index contributed by atoms with van der Waals surface area (Å²) in [5.74, 6) is 0.395. The SMILES string of the molecule is C=CCCCC(=O)CCC/C=C/C.